The molecule has 4 aliphatic carbocycles. The van der Waals surface area contributed by atoms with Gasteiger partial charge in [-0.1, -0.05) is 280 Å². The quantitative estimate of drug-likeness (QED) is 0.0948. The van der Waals surface area contributed by atoms with Crippen molar-refractivity contribution in [2.45, 2.75) is 96.7 Å². The first kappa shape index (κ1) is 74.6. The second-order valence-electron chi connectivity index (χ2n) is 36.0. The summed E-state index contributed by atoms with van der Waals surface area (Å²) in [6.07, 6.45) is 0. The van der Waals surface area contributed by atoms with Crippen LogP contribution >= 0.6 is 0 Å². The third kappa shape index (κ3) is 12.1. The van der Waals surface area contributed by atoms with Crippen molar-refractivity contribution < 1.29 is 13.3 Å². The SMILES string of the molecule is CC1(C)c2cc(N(c3ccccc3)c3ccc([Si](C)(C)C)cc3)ccc2-c2oc3c(c21)C(C)(C)c1cc(N(c2ccc4oc5ccccc5c4c2)c2ccccc2-c2ccccc2)ccc1-3.CC1(C)c2cc(N(c3ccccc3)c3ccccc3)ccc2-c2oc3c(c21)C(C)(C)c1cc(N(c2ccccc2)c2ccccc2-c2ccccc2)ccc1-3. The van der Waals surface area contributed by atoms with Crippen molar-refractivity contribution in [1.29, 1.82) is 0 Å². The summed E-state index contributed by atoms with van der Waals surface area (Å²) in [6, 6.07) is 134. The third-order valence-corrected chi connectivity index (χ3v) is 28.2. The molecule has 588 valence electrons. The maximum Gasteiger partial charge on any atom is 0.139 e. The number of fused-ring (bicyclic) bond motifs is 17. The van der Waals surface area contributed by atoms with Gasteiger partial charge >= 0.3 is 0 Å². The first-order valence-electron chi connectivity index (χ1n) is 42.4. The minimum Gasteiger partial charge on any atom is -0.456 e. The minimum atomic E-state index is -1.46. The van der Waals surface area contributed by atoms with E-state index < -0.39 is 8.07 Å². The van der Waals surface area contributed by atoms with Gasteiger partial charge in [-0.05, 0) is 203 Å². The predicted octanol–water partition coefficient (Wildman–Crippen LogP) is 31.4. The van der Waals surface area contributed by atoms with Crippen molar-refractivity contribution in [1.82, 2.24) is 0 Å². The number of para-hydroxylation sites is 7. The number of nitrogens with zero attached hydrogens (tertiary/aromatic N) is 4. The predicted molar refractivity (Wildman–Crippen MR) is 508 cm³/mol. The molecule has 15 aromatic carbocycles. The van der Waals surface area contributed by atoms with E-state index in [4.69, 9.17) is 13.3 Å². The maximum absolute atomic E-state index is 7.20. The second-order valence-corrected chi connectivity index (χ2v) is 41.0. The summed E-state index contributed by atoms with van der Waals surface area (Å²) in [7, 11) is -1.46. The monoisotopic (exact) mass is 1580 g/mol. The Morgan fingerprint density at radius 1 is 0.215 bits per heavy atom. The molecule has 0 spiro atoms. The summed E-state index contributed by atoms with van der Waals surface area (Å²) >= 11 is 0. The van der Waals surface area contributed by atoms with E-state index in [1.807, 2.05) is 12.1 Å². The van der Waals surface area contributed by atoms with E-state index in [-0.39, 0.29) is 21.7 Å². The van der Waals surface area contributed by atoms with E-state index in [1.54, 1.807) is 0 Å². The molecule has 0 unspecified atom stereocenters. The lowest BCUT2D eigenvalue weighted by molar-refractivity contribution is 0.592. The van der Waals surface area contributed by atoms with Gasteiger partial charge < -0.3 is 32.9 Å². The Labute approximate surface area is 710 Å². The fourth-order valence-electron chi connectivity index (χ4n) is 20.2. The number of hydrogen-bond acceptors (Lipinski definition) is 7. The largest absolute Gasteiger partial charge is 0.456 e. The van der Waals surface area contributed by atoms with Crippen LogP contribution in [0.15, 0.2) is 383 Å². The van der Waals surface area contributed by atoms with Gasteiger partial charge in [0, 0.05) is 145 Å². The van der Waals surface area contributed by atoms with Gasteiger partial charge in [-0.25, -0.2) is 0 Å². The Kier molecular flexibility index (Phi) is 17.5. The molecule has 3 heterocycles. The van der Waals surface area contributed by atoms with Crippen LogP contribution in [0.5, 0.6) is 0 Å². The van der Waals surface area contributed by atoms with Crippen LogP contribution in [0.25, 0.3) is 89.5 Å². The lowest BCUT2D eigenvalue weighted by atomic mass is 9.74. The second kappa shape index (κ2) is 28.4. The van der Waals surface area contributed by atoms with Crippen molar-refractivity contribution >= 4 is 103 Å². The van der Waals surface area contributed by atoms with Crippen LogP contribution in [0, 0.1) is 0 Å². The number of benzene rings is 15. The van der Waals surface area contributed by atoms with Crippen LogP contribution in [-0.2, 0) is 21.7 Å². The van der Waals surface area contributed by atoms with Gasteiger partial charge in [0.2, 0.25) is 0 Å². The van der Waals surface area contributed by atoms with Gasteiger partial charge in [0.05, 0.1) is 19.4 Å². The van der Waals surface area contributed by atoms with E-state index in [9.17, 15) is 0 Å². The summed E-state index contributed by atoms with van der Waals surface area (Å²) in [4.78, 5) is 9.56. The first-order valence-corrected chi connectivity index (χ1v) is 45.9. The number of hydrogen-bond donors (Lipinski definition) is 0. The normalized spacial score (nSPS) is 14.2. The third-order valence-electron chi connectivity index (χ3n) is 26.2. The lowest BCUT2D eigenvalue weighted by Crippen LogP contribution is -2.37. The lowest BCUT2D eigenvalue weighted by Gasteiger charge is -2.31. The Morgan fingerprint density at radius 3 is 0.860 bits per heavy atom. The summed E-state index contributed by atoms with van der Waals surface area (Å²) in [6.45, 7) is 26.2. The Bertz CT molecular complexity index is 7010. The zero-order valence-electron chi connectivity index (χ0n) is 70.2. The van der Waals surface area contributed by atoms with Crippen molar-refractivity contribution in [2.24, 2.45) is 0 Å². The summed E-state index contributed by atoms with van der Waals surface area (Å²) < 4.78 is 20.6. The van der Waals surface area contributed by atoms with Crippen LogP contribution in [0.3, 0.4) is 0 Å². The smallest absolute Gasteiger partial charge is 0.139 e. The van der Waals surface area contributed by atoms with Crippen LogP contribution in [0.4, 0.5) is 68.2 Å². The van der Waals surface area contributed by atoms with Gasteiger partial charge in [-0.15, -0.1) is 0 Å². The van der Waals surface area contributed by atoms with E-state index in [0.29, 0.717) is 0 Å². The minimum absolute atomic E-state index is 0.274. The Balaban J connectivity index is 0.000000152. The standard InChI is InChI=1S/C61H52N2O2Si.C52H42N2O/c1-60(2)51-37-43(62(40-20-12-9-13-21-40)41-26-31-45(32-27-41)66(5,6)7)28-33-48(51)58-56(60)57-59(65-58)49-34-29-44(38-52(49)61(57,3)4)63(53-24-16-14-22-46(53)39-18-10-8-11-19-39)42-30-35-55-50(36-42)47-23-15-17-25-54(47)64-55;1-51(2)44-33-39(53(36-21-11-6-12-22-36)37-23-13-7-14-24-37)29-31-42(44)49-47(51)48-50(55-49)43-32-30-40(34-45(43)52(48,3)4)54(38-25-15-8-16-26-38)46-28-18-17-27-41(46)35-19-9-5-10-20-35/h8-38H,1-7H3;5-34H,1-4H3. The Hall–Kier alpha value is -13.9. The van der Waals surface area contributed by atoms with Crippen molar-refractivity contribution in [2.75, 3.05) is 19.6 Å². The molecule has 3 aromatic heterocycles. The molecule has 0 saturated carbocycles. The van der Waals surface area contributed by atoms with Crippen molar-refractivity contribution in [3.8, 4) is 67.5 Å². The molecule has 0 atom stereocenters. The molecule has 121 heavy (non-hydrogen) atoms. The highest BCUT2D eigenvalue weighted by Gasteiger charge is 2.52. The highest BCUT2D eigenvalue weighted by Crippen LogP contribution is 2.65. The Morgan fingerprint density at radius 2 is 0.488 bits per heavy atom. The summed E-state index contributed by atoms with van der Waals surface area (Å²) in [5.41, 5.74) is 33.7. The molecular formula is C113H94N4O3Si. The van der Waals surface area contributed by atoms with E-state index in [1.165, 1.54) is 83.1 Å². The van der Waals surface area contributed by atoms with Crippen molar-refractivity contribution in [3.05, 3.63) is 415 Å². The van der Waals surface area contributed by atoms with Gasteiger partial charge in [-0.2, -0.15) is 0 Å². The van der Waals surface area contributed by atoms with Gasteiger partial charge in [0.15, 0.2) is 0 Å². The van der Waals surface area contributed by atoms with Gasteiger partial charge in [-0.3, -0.25) is 0 Å². The molecule has 0 fully saturated rings. The fourth-order valence-corrected chi connectivity index (χ4v) is 21.3. The van der Waals surface area contributed by atoms with Crippen molar-refractivity contribution in [3.63, 3.8) is 0 Å². The molecule has 0 bridgehead atoms. The highest BCUT2D eigenvalue weighted by molar-refractivity contribution is 6.88. The number of rotatable bonds is 15. The topological polar surface area (TPSA) is 52.4 Å². The average molecular weight is 1580 g/mol. The maximum atomic E-state index is 7.20. The zero-order chi connectivity index (χ0) is 82.4. The molecule has 0 N–H and O–H groups in total. The number of furan rings is 3. The first-order chi connectivity index (χ1) is 58.7. The molecule has 0 aliphatic heterocycles. The van der Waals surface area contributed by atoms with E-state index in [0.717, 1.165) is 124 Å². The molecule has 4 aliphatic rings. The van der Waals surface area contributed by atoms with Gasteiger partial charge in [0.1, 0.15) is 34.2 Å². The fraction of sp³-hybridized carbons (Fsp3) is 0.133. The van der Waals surface area contributed by atoms with Crippen LogP contribution in [-0.4, -0.2) is 8.07 Å². The van der Waals surface area contributed by atoms with E-state index >= 15 is 0 Å². The molecule has 7 nitrogen and oxygen atoms in total. The van der Waals surface area contributed by atoms with E-state index in [2.05, 4.69) is 453 Å². The summed E-state index contributed by atoms with van der Waals surface area (Å²) in [5.74, 6) is 4.00. The molecule has 18 aromatic rings. The molecule has 22 rings (SSSR count). The molecule has 0 saturated heterocycles. The molecule has 8 heteroatoms. The molecule has 0 amide bonds. The number of anilines is 12. The van der Waals surface area contributed by atoms with Gasteiger partial charge in [0.25, 0.3) is 0 Å². The highest BCUT2D eigenvalue weighted by atomic mass is 28.3. The van der Waals surface area contributed by atoms with Crippen LogP contribution < -0.4 is 24.8 Å². The zero-order valence-corrected chi connectivity index (χ0v) is 71.2. The van der Waals surface area contributed by atoms with Crippen LogP contribution in [0.2, 0.25) is 19.6 Å². The molecule has 0 radical (unpaired) electrons. The molecular weight excluding hydrogens is 1490 g/mol. The average Bonchev–Trinajstić information content (AvgIpc) is 1.52. The van der Waals surface area contributed by atoms with Crippen LogP contribution in [0.1, 0.15) is 99.9 Å². The summed E-state index contributed by atoms with van der Waals surface area (Å²) in [5, 5.41) is 3.66.